The highest BCUT2D eigenvalue weighted by Gasteiger charge is 2.61. The van der Waals surface area contributed by atoms with Gasteiger partial charge in [0.15, 0.2) is 17.7 Å². The highest BCUT2D eigenvalue weighted by Crippen LogP contribution is 2.44. The minimum Gasteiger partial charge on any atom is -0.457 e. The second-order valence-corrected chi connectivity index (χ2v) is 19.0. The number of amides is 1. The summed E-state index contributed by atoms with van der Waals surface area (Å²) in [5, 5.41) is 18.2. The average Bonchev–Trinajstić information content (AvgIpc) is 3.51. The van der Waals surface area contributed by atoms with Gasteiger partial charge in [0.1, 0.15) is 18.1 Å². The lowest BCUT2D eigenvalue weighted by atomic mass is 9.71. The Labute approximate surface area is 370 Å². The first-order valence-electron chi connectivity index (χ1n) is 23.2. The largest absolute Gasteiger partial charge is 0.457 e. The number of pyridine rings is 1. The molecule has 1 aromatic carbocycles. The molecule has 3 aliphatic rings. The van der Waals surface area contributed by atoms with Crippen molar-refractivity contribution in [1.29, 1.82) is 0 Å². The minimum absolute atomic E-state index is 0.112. The first kappa shape index (κ1) is 49.8. The van der Waals surface area contributed by atoms with E-state index in [0.29, 0.717) is 38.8 Å². The fourth-order valence-corrected chi connectivity index (χ4v) is 10.5. The molecule has 62 heavy (non-hydrogen) atoms. The van der Waals surface area contributed by atoms with Gasteiger partial charge in [0.05, 0.1) is 29.4 Å². The first-order chi connectivity index (χ1) is 29.4. The maximum Gasteiger partial charge on any atom is 0.425 e. The van der Waals surface area contributed by atoms with Crippen LogP contribution in [0.4, 0.5) is 4.79 Å². The average molecular weight is 868 g/mol. The van der Waals surface area contributed by atoms with Crippen LogP contribution in [0.5, 0.6) is 0 Å². The molecule has 3 N–H and O–H groups in total. The number of aliphatic hydroxyl groups is 1. The number of hydrogen-bond donors (Lipinski definition) is 3. The maximum atomic E-state index is 14.6. The van der Waals surface area contributed by atoms with Crippen molar-refractivity contribution >= 4 is 28.7 Å². The van der Waals surface area contributed by atoms with Crippen molar-refractivity contribution in [3.05, 3.63) is 42.1 Å². The number of methoxy groups -OCH3 is 1. The number of hydrazine groups is 1. The van der Waals surface area contributed by atoms with Crippen molar-refractivity contribution in [3.8, 4) is 0 Å². The number of likely N-dealkylation sites (N-methyl/N-ethyl adjacent to an activating group) is 1. The molecule has 348 valence electrons. The summed E-state index contributed by atoms with van der Waals surface area (Å²) in [6.45, 7) is 18.8. The van der Waals surface area contributed by atoms with Crippen LogP contribution in [-0.4, -0.2) is 132 Å². The molecule has 1 aromatic heterocycles. The number of aliphatic hydroxyl groups excluding tert-OH is 1. The van der Waals surface area contributed by atoms with E-state index < -0.39 is 65.7 Å². The molecule has 3 unspecified atom stereocenters. The molecule has 3 fully saturated rings. The van der Waals surface area contributed by atoms with E-state index in [1.807, 2.05) is 70.2 Å². The van der Waals surface area contributed by atoms with Crippen molar-refractivity contribution in [2.45, 2.75) is 174 Å². The molecule has 3 saturated heterocycles. The van der Waals surface area contributed by atoms with Crippen LogP contribution in [0, 0.1) is 23.7 Å². The van der Waals surface area contributed by atoms with Gasteiger partial charge < -0.3 is 39.0 Å². The summed E-state index contributed by atoms with van der Waals surface area (Å²) < 4.78 is 32.4. The number of carbonyl (C=O) groups excluding carboxylic acids is 3. The highest BCUT2D eigenvalue weighted by molar-refractivity contribution is 6.00. The van der Waals surface area contributed by atoms with Crippen LogP contribution in [0.2, 0.25) is 0 Å². The number of ketones is 1. The summed E-state index contributed by atoms with van der Waals surface area (Å²) in [6, 6.07) is 9.10. The standard InChI is InChI=1S/C48H77N5O9/c1-13-15-22-38-48(9)42(53(46(57)62-48)51-25-18-19-34-23-26-49-36-21-17-16-20-35(34)36)31(5)39(50-24-14-2)29(3)28-47(8,58-12)43(32(6)40(54)33(7)44(56)60-38)61-45-41(55)37(52(10)11)27-30(4)59-45/h16-17,20-21,23,26,29-33,37-39,41-43,45,50-51,55H,13-15,18-19,22,24-25,27-28H2,1-12H3/t29-,30-,31-,32+,33-,37+,38+,39?,41-,42?,43-,45?,47+,48-/m1/s1. The Morgan fingerprint density at radius 1 is 1.00 bits per heavy atom. The number of carbonyl (C=O) groups is 3. The van der Waals surface area contributed by atoms with Crippen LogP contribution in [-0.2, 0) is 39.7 Å². The van der Waals surface area contributed by atoms with Gasteiger partial charge in [-0.2, -0.15) is 0 Å². The van der Waals surface area contributed by atoms with Crippen LogP contribution < -0.4 is 10.7 Å². The summed E-state index contributed by atoms with van der Waals surface area (Å²) in [4.78, 5) is 49.7. The number of Topliss-reactive ketones (excluding diaryl/α,β-unsaturated/α-hetero) is 1. The SMILES string of the molecule is CCCC[C@@H]1OC(=O)[C@H](C)C(=O)[C@H](C)[C@@H](OC2O[C@H](C)C[C@H](N(C)C)[C@H]2O)[C@@](C)(OC)C[C@@H](C)C(NCCC)[C@@H](C)C2N(NCCCc3ccnc4ccccc34)C(=O)O[C@@]21C. The van der Waals surface area contributed by atoms with Gasteiger partial charge in [-0.15, -0.1) is 0 Å². The lowest BCUT2D eigenvalue weighted by Crippen LogP contribution is -2.63. The van der Waals surface area contributed by atoms with E-state index in [2.05, 4.69) is 49.5 Å². The Morgan fingerprint density at radius 3 is 2.40 bits per heavy atom. The predicted molar refractivity (Wildman–Crippen MR) is 239 cm³/mol. The third-order valence-electron chi connectivity index (χ3n) is 14.1. The molecule has 3 aliphatic heterocycles. The van der Waals surface area contributed by atoms with Crippen molar-refractivity contribution in [1.82, 2.24) is 25.6 Å². The number of aromatic nitrogens is 1. The van der Waals surface area contributed by atoms with Crippen LogP contribution in [0.15, 0.2) is 36.5 Å². The number of ether oxygens (including phenoxy) is 5. The van der Waals surface area contributed by atoms with Crippen LogP contribution in [0.1, 0.15) is 113 Å². The number of cyclic esters (lactones) is 1. The number of benzene rings is 1. The van der Waals surface area contributed by atoms with Gasteiger partial charge in [0.2, 0.25) is 0 Å². The third kappa shape index (κ3) is 10.8. The van der Waals surface area contributed by atoms with E-state index in [1.165, 1.54) is 5.56 Å². The molecule has 4 heterocycles. The summed E-state index contributed by atoms with van der Waals surface area (Å²) >= 11 is 0. The number of hydrogen-bond acceptors (Lipinski definition) is 13. The van der Waals surface area contributed by atoms with E-state index in [0.717, 1.165) is 36.6 Å². The molecule has 0 saturated carbocycles. The highest BCUT2D eigenvalue weighted by atomic mass is 16.7. The Bertz CT molecular complexity index is 1790. The Balaban J connectivity index is 1.55. The minimum atomic E-state index is -1.27. The lowest BCUT2D eigenvalue weighted by molar-refractivity contribution is -0.295. The molecular formula is C48H77N5O9. The molecule has 0 spiro atoms. The Kier molecular flexibility index (Phi) is 17.4. The number of unbranched alkanes of at least 4 members (excludes halogenated alkanes) is 1. The van der Waals surface area contributed by atoms with E-state index in [1.54, 1.807) is 26.0 Å². The van der Waals surface area contributed by atoms with Crippen LogP contribution >= 0.6 is 0 Å². The smallest absolute Gasteiger partial charge is 0.425 e. The fraction of sp³-hybridized carbons (Fsp3) is 0.750. The molecule has 0 aliphatic carbocycles. The van der Waals surface area contributed by atoms with E-state index >= 15 is 0 Å². The van der Waals surface area contributed by atoms with Gasteiger partial charge in [0, 0.05) is 43.2 Å². The summed E-state index contributed by atoms with van der Waals surface area (Å²) in [7, 11) is 5.44. The predicted octanol–water partition coefficient (Wildman–Crippen LogP) is 6.46. The molecule has 1 amide bonds. The number of nitrogens with one attached hydrogen (secondary N) is 2. The quantitative estimate of drug-likeness (QED) is 0.102. The molecule has 14 heteroatoms. The van der Waals surface area contributed by atoms with Crippen molar-refractivity contribution in [2.24, 2.45) is 23.7 Å². The Morgan fingerprint density at radius 2 is 1.73 bits per heavy atom. The van der Waals surface area contributed by atoms with Crippen molar-refractivity contribution in [2.75, 3.05) is 34.3 Å². The van der Waals surface area contributed by atoms with Gasteiger partial charge in [-0.05, 0) is 123 Å². The first-order valence-corrected chi connectivity index (χ1v) is 23.2. The van der Waals surface area contributed by atoms with Gasteiger partial charge in [-0.3, -0.25) is 14.6 Å². The fourth-order valence-electron chi connectivity index (χ4n) is 10.5. The van der Waals surface area contributed by atoms with Crippen LogP contribution in [0.3, 0.4) is 0 Å². The number of aryl methyl sites for hydroxylation is 1. The zero-order chi connectivity index (χ0) is 45.5. The van der Waals surface area contributed by atoms with Gasteiger partial charge in [-0.1, -0.05) is 59.2 Å². The lowest BCUT2D eigenvalue weighted by Gasteiger charge is -2.48. The number of esters is 1. The van der Waals surface area contributed by atoms with E-state index in [4.69, 9.17) is 23.7 Å². The van der Waals surface area contributed by atoms with Gasteiger partial charge in [0.25, 0.3) is 0 Å². The van der Waals surface area contributed by atoms with E-state index in [-0.39, 0.29) is 35.8 Å². The van der Waals surface area contributed by atoms with Gasteiger partial charge in [-0.25, -0.2) is 15.2 Å². The summed E-state index contributed by atoms with van der Waals surface area (Å²) in [5.41, 5.74) is 3.22. The molecule has 2 aromatic rings. The molecule has 14 nitrogen and oxygen atoms in total. The van der Waals surface area contributed by atoms with Crippen molar-refractivity contribution < 1.29 is 43.2 Å². The molecular weight excluding hydrogens is 791 g/mol. The maximum absolute atomic E-state index is 14.6. The molecule has 5 rings (SSSR count). The number of nitrogens with zero attached hydrogens (tertiary/aromatic N) is 3. The van der Waals surface area contributed by atoms with Crippen molar-refractivity contribution in [3.63, 3.8) is 0 Å². The number of rotatable bonds is 15. The second kappa shape index (κ2) is 21.6. The number of para-hydroxylation sites is 1. The molecule has 0 bridgehead atoms. The number of fused-ring (bicyclic) bond motifs is 2. The molecule has 14 atom stereocenters. The third-order valence-corrected chi connectivity index (χ3v) is 14.1. The molecule has 0 radical (unpaired) electrons. The monoisotopic (exact) mass is 868 g/mol. The summed E-state index contributed by atoms with van der Waals surface area (Å²) in [6.07, 6.45) is 2.63. The zero-order valence-electron chi connectivity index (χ0n) is 39.5. The second-order valence-electron chi connectivity index (χ2n) is 19.0. The Hall–Kier alpha value is -3.24. The van der Waals surface area contributed by atoms with Crippen LogP contribution in [0.25, 0.3) is 10.9 Å². The normalized spacial score (nSPS) is 36.4. The van der Waals surface area contributed by atoms with Gasteiger partial charge >= 0.3 is 12.1 Å². The summed E-state index contributed by atoms with van der Waals surface area (Å²) in [5.74, 6) is -3.48. The zero-order valence-corrected chi connectivity index (χ0v) is 39.5. The topological polar surface area (TPSA) is 161 Å². The van der Waals surface area contributed by atoms with E-state index in [9.17, 15) is 19.5 Å².